The van der Waals surface area contributed by atoms with E-state index in [1.165, 1.54) is 19.1 Å². The SMILES string of the molecule is CC(C)C.CC1CC1.CCCS(C)(=O)=O. The molecule has 1 aliphatic rings. The molecule has 1 aliphatic carbocycles. The molecule has 0 atom stereocenters. The fourth-order valence-electron chi connectivity index (χ4n) is 0.537. The number of hydrogen-bond acceptors (Lipinski definition) is 2. The summed E-state index contributed by atoms with van der Waals surface area (Å²) in [7, 11) is -2.67. The Morgan fingerprint density at radius 3 is 1.47 bits per heavy atom. The van der Waals surface area contributed by atoms with Gasteiger partial charge in [-0.05, 0) is 18.3 Å². The van der Waals surface area contributed by atoms with Gasteiger partial charge in [0.25, 0.3) is 0 Å². The van der Waals surface area contributed by atoms with Crippen molar-refractivity contribution in [2.75, 3.05) is 12.0 Å². The molecule has 0 aromatic rings. The molecular weight excluding hydrogens is 208 g/mol. The summed E-state index contributed by atoms with van der Waals surface area (Å²) >= 11 is 0. The van der Waals surface area contributed by atoms with Crippen LogP contribution < -0.4 is 0 Å². The summed E-state index contributed by atoms with van der Waals surface area (Å²) < 4.78 is 20.5. The van der Waals surface area contributed by atoms with Gasteiger partial charge in [0.1, 0.15) is 9.84 Å². The van der Waals surface area contributed by atoms with Gasteiger partial charge in [-0.2, -0.15) is 0 Å². The second-order valence-electron chi connectivity index (χ2n) is 5.04. The van der Waals surface area contributed by atoms with Gasteiger partial charge in [-0.1, -0.05) is 47.5 Å². The molecule has 0 N–H and O–H groups in total. The molecule has 0 amide bonds. The molecular formula is C12H28O2S. The Kier molecular flexibility index (Phi) is 10.6. The summed E-state index contributed by atoms with van der Waals surface area (Å²) in [6.45, 7) is 10.6. The van der Waals surface area contributed by atoms with Crippen LogP contribution in [0.3, 0.4) is 0 Å². The van der Waals surface area contributed by atoms with Crippen molar-refractivity contribution in [1.29, 1.82) is 0 Å². The maximum atomic E-state index is 10.2. The van der Waals surface area contributed by atoms with Crippen molar-refractivity contribution in [2.45, 2.75) is 53.9 Å². The zero-order chi connectivity index (χ0) is 12.5. The Hall–Kier alpha value is -0.0500. The number of hydrogen-bond donors (Lipinski definition) is 0. The van der Waals surface area contributed by atoms with Gasteiger partial charge in [-0.3, -0.25) is 0 Å². The third-order valence-corrected chi connectivity index (χ3v) is 2.59. The van der Waals surface area contributed by atoms with Crippen LogP contribution in [0.1, 0.15) is 53.9 Å². The largest absolute Gasteiger partial charge is 0.229 e. The molecule has 0 spiro atoms. The first-order valence-electron chi connectivity index (χ1n) is 5.86. The van der Waals surface area contributed by atoms with E-state index in [0.717, 1.165) is 18.3 Å². The Bertz CT molecular complexity index is 211. The third-order valence-electron chi connectivity index (χ3n) is 1.44. The van der Waals surface area contributed by atoms with Gasteiger partial charge in [-0.25, -0.2) is 8.42 Å². The van der Waals surface area contributed by atoms with E-state index in [4.69, 9.17) is 0 Å². The molecule has 2 nitrogen and oxygen atoms in total. The zero-order valence-corrected chi connectivity index (χ0v) is 12.0. The molecule has 3 heteroatoms. The van der Waals surface area contributed by atoms with Crippen LogP contribution in [0.4, 0.5) is 0 Å². The van der Waals surface area contributed by atoms with Crippen LogP contribution in [-0.4, -0.2) is 20.4 Å². The molecule has 1 rings (SSSR count). The Labute approximate surface area is 96.4 Å². The maximum Gasteiger partial charge on any atom is 0.147 e. The van der Waals surface area contributed by atoms with E-state index in [-0.39, 0.29) is 0 Å². The van der Waals surface area contributed by atoms with E-state index in [2.05, 4.69) is 27.7 Å². The Morgan fingerprint density at radius 1 is 1.20 bits per heavy atom. The standard InChI is InChI=1S/C4H10O2S.C4H8.C4H10/c1-3-4-7(2,5)6;1-4-2-3-4;1-4(2)3/h3-4H2,1-2H3;4H,2-3H2,1H3;4H,1-3H3. The highest BCUT2D eigenvalue weighted by Crippen LogP contribution is 2.26. The molecule has 0 radical (unpaired) electrons. The maximum absolute atomic E-state index is 10.2. The second-order valence-corrected chi connectivity index (χ2v) is 7.30. The molecule has 94 valence electrons. The van der Waals surface area contributed by atoms with E-state index in [1.54, 1.807) is 0 Å². The van der Waals surface area contributed by atoms with E-state index >= 15 is 0 Å². The molecule has 0 aromatic carbocycles. The van der Waals surface area contributed by atoms with Gasteiger partial charge < -0.3 is 0 Å². The van der Waals surface area contributed by atoms with Gasteiger partial charge in [0.15, 0.2) is 0 Å². The minimum Gasteiger partial charge on any atom is -0.229 e. The van der Waals surface area contributed by atoms with Crippen LogP contribution in [0.25, 0.3) is 0 Å². The lowest BCUT2D eigenvalue weighted by molar-refractivity contribution is 0.600. The highest BCUT2D eigenvalue weighted by atomic mass is 32.2. The summed E-state index contributed by atoms with van der Waals surface area (Å²) in [5, 5.41) is 0. The van der Waals surface area contributed by atoms with E-state index in [0.29, 0.717) is 5.75 Å². The van der Waals surface area contributed by atoms with Crippen molar-refractivity contribution in [3.8, 4) is 0 Å². The van der Waals surface area contributed by atoms with Crippen LogP contribution in [0.2, 0.25) is 0 Å². The van der Waals surface area contributed by atoms with Crippen molar-refractivity contribution in [3.05, 3.63) is 0 Å². The zero-order valence-electron chi connectivity index (χ0n) is 11.2. The summed E-state index contributed by atoms with van der Waals surface area (Å²) in [5.74, 6) is 2.23. The molecule has 0 bridgehead atoms. The summed E-state index contributed by atoms with van der Waals surface area (Å²) in [6.07, 6.45) is 4.94. The fourth-order valence-corrected chi connectivity index (χ4v) is 1.28. The van der Waals surface area contributed by atoms with E-state index in [1.807, 2.05) is 6.92 Å². The lowest BCUT2D eigenvalue weighted by Gasteiger charge is -1.87. The molecule has 1 saturated carbocycles. The average Bonchev–Trinajstić information content (AvgIpc) is 2.68. The van der Waals surface area contributed by atoms with Gasteiger partial charge in [0.05, 0.1) is 0 Å². The first kappa shape index (κ1) is 17.3. The van der Waals surface area contributed by atoms with Crippen molar-refractivity contribution in [3.63, 3.8) is 0 Å². The van der Waals surface area contributed by atoms with Crippen LogP contribution in [-0.2, 0) is 9.84 Å². The molecule has 0 heterocycles. The molecule has 0 aromatic heterocycles. The summed E-state index contributed by atoms with van der Waals surface area (Å²) in [5.41, 5.74) is 0. The molecule has 0 aliphatic heterocycles. The molecule has 1 fully saturated rings. The van der Waals surface area contributed by atoms with Crippen molar-refractivity contribution in [2.24, 2.45) is 11.8 Å². The van der Waals surface area contributed by atoms with Gasteiger partial charge in [-0.15, -0.1) is 0 Å². The Balaban J connectivity index is 0. The van der Waals surface area contributed by atoms with Crippen LogP contribution >= 0.6 is 0 Å². The molecule has 0 unspecified atom stereocenters. The fraction of sp³-hybridized carbons (Fsp3) is 1.00. The first-order chi connectivity index (χ1) is 6.69. The summed E-state index contributed by atoms with van der Waals surface area (Å²) in [6, 6.07) is 0. The lowest BCUT2D eigenvalue weighted by Crippen LogP contribution is -2.00. The predicted molar refractivity (Wildman–Crippen MR) is 68.9 cm³/mol. The highest BCUT2D eigenvalue weighted by Gasteiger charge is 2.12. The molecule has 15 heavy (non-hydrogen) atoms. The van der Waals surface area contributed by atoms with E-state index in [9.17, 15) is 8.42 Å². The molecule has 0 saturated heterocycles. The smallest absolute Gasteiger partial charge is 0.147 e. The second kappa shape index (κ2) is 9.20. The number of sulfone groups is 1. The van der Waals surface area contributed by atoms with Gasteiger partial charge >= 0.3 is 0 Å². The first-order valence-corrected chi connectivity index (χ1v) is 7.92. The predicted octanol–water partition coefficient (Wildman–Crippen LogP) is 3.52. The lowest BCUT2D eigenvalue weighted by atomic mass is 10.3. The van der Waals surface area contributed by atoms with Gasteiger partial charge in [0.2, 0.25) is 0 Å². The normalized spacial score (nSPS) is 14.9. The highest BCUT2D eigenvalue weighted by molar-refractivity contribution is 7.90. The average molecular weight is 236 g/mol. The monoisotopic (exact) mass is 236 g/mol. The Morgan fingerprint density at radius 2 is 1.47 bits per heavy atom. The van der Waals surface area contributed by atoms with Gasteiger partial charge in [0, 0.05) is 12.0 Å². The van der Waals surface area contributed by atoms with E-state index < -0.39 is 9.84 Å². The van der Waals surface area contributed by atoms with Crippen LogP contribution in [0, 0.1) is 11.8 Å². The van der Waals surface area contributed by atoms with Crippen molar-refractivity contribution >= 4 is 9.84 Å². The van der Waals surface area contributed by atoms with Crippen LogP contribution in [0.15, 0.2) is 0 Å². The minimum absolute atomic E-state index is 0.312. The topological polar surface area (TPSA) is 34.1 Å². The third kappa shape index (κ3) is 41.2. The van der Waals surface area contributed by atoms with Crippen molar-refractivity contribution in [1.82, 2.24) is 0 Å². The van der Waals surface area contributed by atoms with Crippen molar-refractivity contribution < 1.29 is 8.42 Å². The minimum atomic E-state index is -2.67. The quantitative estimate of drug-likeness (QED) is 0.735. The number of rotatable bonds is 2. The van der Waals surface area contributed by atoms with Crippen LogP contribution in [0.5, 0.6) is 0 Å². The summed E-state index contributed by atoms with van der Waals surface area (Å²) in [4.78, 5) is 0.